The highest BCUT2D eigenvalue weighted by Crippen LogP contribution is 2.49. The molecule has 2 aromatic rings. The van der Waals surface area contributed by atoms with Crippen LogP contribution in [0.15, 0.2) is 36.4 Å². The summed E-state index contributed by atoms with van der Waals surface area (Å²) < 4.78 is 5.42. The monoisotopic (exact) mass is 411 g/mol. The summed E-state index contributed by atoms with van der Waals surface area (Å²) in [6, 6.07) is 10.7. The van der Waals surface area contributed by atoms with Crippen molar-refractivity contribution < 1.29 is 19.7 Å². The van der Waals surface area contributed by atoms with Crippen molar-refractivity contribution in [1.82, 2.24) is 15.8 Å². The fourth-order valence-electron chi connectivity index (χ4n) is 5.02. The first-order valence-electron chi connectivity index (χ1n) is 10.3. The minimum absolute atomic E-state index is 0.000486. The van der Waals surface area contributed by atoms with Crippen molar-refractivity contribution in [1.29, 1.82) is 0 Å². The number of rotatable bonds is 6. The first-order chi connectivity index (χ1) is 14.5. The number of aliphatic hydroxyl groups is 1. The molecule has 7 heteroatoms. The number of benzene rings is 2. The molecule has 4 rings (SSSR count). The smallest absolute Gasteiger partial charge is 0.242 e. The number of hydrazine groups is 1. The van der Waals surface area contributed by atoms with E-state index in [2.05, 4.69) is 10.9 Å². The number of amides is 1. The van der Waals surface area contributed by atoms with E-state index < -0.39 is 6.04 Å². The van der Waals surface area contributed by atoms with Gasteiger partial charge in [-0.3, -0.25) is 4.79 Å². The number of hydrogen-bond acceptors (Lipinski definition) is 6. The molecule has 2 aromatic carbocycles. The predicted octanol–water partition coefficient (Wildman–Crippen LogP) is 2.12. The Morgan fingerprint density at radius 3 is 2.60 bits per heavy atom. The Bertz CT molecular complexity index is 925. The number of aryl methyl sites for hydroxylation is 2. The molecule has 2 heterocycles. The number of nitrogens with one attached hydrogen (secondary N) is 2. The van der Waals surface area contributed by atoms with Crippen LogP contribution < -0.4 is 15.6 Å². The van der Waals surface area contributed by atoms with Crippen molar-refractivity contribution in [3.05, 3.63) is 58.7 Å². The van der Waals surface area contributed by atoms with Crippen LogP contribution >= 0.6 is 0 Å². The fraction of sp³-hybridized carbons (Fsp3) is 0.435. The van der Waals surface area contributed by atoms with E-state index in [4.69, 9.17) is 4.74 Å². The van der Waals surface area contributed by atoms with Gasteiger partial charge in [0.2, 0.25) is 5.91 Å². The molecule has 30 heavy (non-hydrogen) atoms. The Morgan fingerprint density at radius 1 is 1.13 bits per heavy atom. The summed E-state index contributed by atoms with van der Waals surface area (Å²) in [6.45, 7) is 4.43. The number of carbonyl (C=O) groups excluding carboxylic acids is 1. The Hall–Kier alpha value is -2.61. The average Bonchev–Trinajstić information content (AvgIpc) is 3.25. The van der Waals surface area contributed by atoms with Crippen LogP contribution in [0.3, 0.4) is 0 Å². The molecule has 0 bridgehead atoms. The zero-order valence-electron chi connectivity index (χ0n) is 17.6. The topological polar surface area (TPSA) is 94.1 Å². The number of ether oxygens (including phenoxy) is 1. The molecule has 4 N–H and O–H groups in total. The van der Waals surface area contributed by atoms with E-state index >= 15 is 0 Å². The Balaban J connectivity index is 1.80. The van der Waals surface area contributed by atoms with Crippen molar-refractivity contribution in [3.63, 3.8) is 0 Å². The molecule has 0 radical (unpaired) electrons. The molecule has 2 aliphatic rings. The molecule has 4 unspecified atom stereocenters. The van der Waals surface area contributed by atoms with Crippen LogP contribution in [-0.2, 0) is 4.79 Å². The van der Waals surface area contributed by atoms with E-state index in [9.17, 15) is 15.0 Å². The first kappa shape index (κ1) is 20.7. The van der Waals surface area contributed by atoms with Gasteiger partial charge in [-0.2, -0.15) is 0 Å². The molecule has 2 fully saturated rings. The van der Waals surface area contributed by atoms with Crippen LogP contribution in [0.1, 0.15) is 40.8 Å². The molecule has 2 saturated heterocycles. The largest absolute Gasteiger partial charge is 0.508 e. The normalized spacial score (nSPS) is 25.6. The van der Waals surface area contributed by atoms with E-state index in [1.54, 1.807) is 13.2 Å². The number of aliphatic hydroxyl groups excluding tert-OH is 1. The molecule has 0 aromatic heterocycles. The number of aromatic hydroxyl groups is 1. The second-order valence-corrected chi connectivity index (χ2v) is 8.17. The van der Waals surface area contributed by atoms with Crippen LogP contribution in [0, 0.1) is 19.8 Å². The third-order valence-electron chi connectivity index (χ3n) is 6.23. The second kappa shape index (κ2) is 8.26. The molecule has 0 aliphatic carbocycles. The number of nitrogens with zero attached hydrogens (tertiary/aromatic N) is 1. The maximum atomic E-state index is 13.3. The summed E-state index contributed by atoms with van der Waals surface area (Å²) in [6.07, 6.45) is 0.512. The highest BCUT2D eigenvalue weighted by Gasteiger charge is 2.55. The molecular formula is C23H29N3O4. The van der Waals surface area contributed by atoms with Gasteiger partial charge >= 0.3 is 0 Å². The Kier molecular flexibility index (Phi) is 5.69. The van der Waals surface area contributed by atoms with Crippen molar-refractivity contribution in [2.75, 3.05) is 20.3 Å². The van der Waals surface area contributed by atoms with Crippen molar-refractivity contribution >= 4 is 5.91 Å². The molecule has 2 aliphatic heterocycles. The minimum atomic E-state index is -0.412. The highest BCUT2D eigenvalue weighted by atomic mass is 16.5. The van der Waals surface area contributed by atoms with Gasteiger partial charge < -0.3 is 19.8 Å². The Morgan fingerprint density at radius 2 is 1.90 bits per heavy atom. The van der Waals surface area contributed by atoms with Gasteiger partial charge in [0.25, 0.3) is 0 Å². The molecular weight excluding hydrogens is 382 g/mol. The summed E-state index contributed by atoms with van der Waals surface area (Å²) in [7, 11) is 1.63. The number of phenolic OH excluding ortho intramolecular Hbond substituents is 1. The quantitative estimate of drug-likeness (QED) is 0.582. The summed E-state index contributed by atoms with van der Waals surface area (Å²) >= 11 is 0. The lowest BCUT2D eigenvalue weighted by Crippen LogP contribution is -2.41. The van der Waals surface area contributed by atoms with Gasteiger partial charge in [0.15, 0.2) is 0 Å². The standard InChI is InChI=1S/C23H29N3O4/c1-13-10-14(2)18(17(28)11-13)20-19-21(25-24-20)23(29)26(8-5-9-27)22(19)15-6-4-7-16(12-15)30-3/h4,6-7,10-12,19-22,24-25,27-28H,5,8-9H2,1-3H3. The van der Waals surface area contributed by atoms with E-state index in [0.29, 0.717) is 13.0 Å². The lowest BCUT2D eigenvalue weighted by molar-refractivity contribution is -0.130. The van der Waals surface area contributed by atoms with Gasteiger partial charge in [0.05, 0.1) is 19.2 Å². The number of phenols is 1. The third-order valence-corrected chi connectivity index (χ3v) is 6.23. The lowest BCUT2D eigenvalue weighted by atomic mass is 9.81. The van der Waals surface area contributed by atoms with Gasteiger partial charge in [0, 0.05) is 24.6 Å². The lowest BCUT2D eigenvalue weighted by Gasteiger charge is -2.32. The molecule has 4 atom stereocenters. The van der Waals surface area contributed by atoms with E-state index in [-0.39, 0.29) is 36.3 Å². The predicted molar refractivity (Wildman–Crippen MR) is 113 cm³/mol. The maximum Gasteiger partial charge on any atom is 0.242 e. The number of hydrogen-bond donors (Lipinski definition) is 4. The van der Waals surface area contributed by atoms with Gasteiger partial charge in [-0.25, -0.2) is 10.9 Å². The molecule has 160 valence electrons. The van der Waals surface area contributed by atoms with Crippen LogP contribution in [0.4, 0.5) is 0 Å². The zero-order valence-corrected chi connectivity index (χ0v) is 17.6. The van der Waals surface area contributed by atoms with E-state index in [1.807, 2.05) is 49.1 Å². The molecule has 0 saturated carbocycles. The number of methoxy groups -OCH3 is 1. The van der Waals surface area contributed by atoms with Crippen LogP contribution in [0.2, 0.25) is 0 Å². The first-order valence-corrected chi connectivity index (χ1v) is 10.3. The third kappa shape index (κ3) is 3.43. The van der Waals surface area contributed by atoms with Gasteiger partial charge in [0.1, 0.15) is 17.5 Å². The van der Waals surface area contributed by atoms with Gasteiger partial charge in [-0.15, -0.1) is 0 Å². The molecule has 1 amide bonds. The molecule has 0 spiro atoms. The van der Waals surface area contributed by atoms with Gasteiger partial charge in [-0.1, -0.05) is 18.2 Å². The molecule has 7 nitrogen and oxygen atoms in total. The average molecular weight is 412 g/mol. The van der Waals surface area contributed by atoms with Crippen molar-refractivity contribution in [2.45, 2.75) is 38.4 Å². The fourth-order valence-corrected chi connectivity index (χ4v) is 5.02. The van der Waals surface area contributed by atoms with Crippen LogP contribution in [0.5, 0.6) is 11.5 Å². The Labute approximate surface area is 176 Å². The van der Waals surface area contributed by atoms with Gasteiger partial charge in [-0.05, 0) is 55.2 Å². The number of likely N-dealkylation sites (tertiary alicyclic amines) is 1. The maximum absolute atomic E-state index is 13.3. The van der Waals surface area contributed by atoms with Crippen LogP contribution in [-0.4, -0.2) is 47.3 Å². The van der Waals surface area contributed by atoms with Crippen molar-refractivity contribution in [3.8, 4) is 11.5 Å². The second-order valence-electron chi connectivity index (χ2n) is 8.17. The summed E-state index contributed by atoms with van der Waals surface area (Å²) in [5, 5.41) is 20.1. The highest BCUT2D eigenvalue weighted by molar-refractivity contribution is 5.86. The van der Waals surface area contributed by atoms with E-state index in [1.165, 1.54) is 0 Å². The number of carbonyl (C=O) groups is 1. The SMILES string of the molecule is COc1cccc(C2C3C(NNC3c3c(C)cc(C)cc3O)C(=O)N2CCCO)c1. The number of fused-ring (bicyclic) bond motifs is 1. The summed E-state index contributed by atoms with van der Waals surface area (Å²) in [5.74, 6) is 0.838. The van der Waals surface area contributed by atoms with Crippen molar-refractivity contribution in [2.24, 2.45) is 5.92 Å². The zero-order chi connectivity index (χ0) is 21.4. The summed E-state index contributed by atoms with van der Waals surface area (Å²) in [5.41, 5.74) is 10.2. The van der Waals surface area contributed by atoms with E-state index in [0.717, 1.165) is 28.0 Å². The summed E-state index contributed by atoms with van der Waals surface area (Å²) in [4.78, 5) is 15.1. The minimum Gasteiger partial charge on any atom is -0.508 e. The van der Waals surface area contributed by atoms with Crippen LogP contribution in [0.25, 0.3) is 0 Å².